The zero-order valence-corrected chi connectivity index (χ0v) is 16.4. The molecule has 3 heterocycles. The summed E-state index contributed by atoms with van der Waals surface area (Å²) in [5.41, 5.74) is 2.41. The van der Waals surface area contributed by atoms with Crippen LogP contribution in [0.25, 0.3) is 5.78 Å². The highest BCUT2D eigenvalue weighted by Gasteiger charge is 2.44. The zero-order chi connectivity index (χ0) is 20.8. The average Bonchev–Trinajstić information content (AvgIpc) is 3.13. The van der Waals surface area contributed by atoms with Gasteiger partial charge in [0.15, 0.2) is 0 Å². The van der Waals surface area contributed by atoms with Crippen molar-refractivity contribution in [3.63, 3.8) is 0 Å². The highest BCUT2D eigenvalue weighted by molar-refractivity contribution is 5.97. The minimum Gasteiger partial charge on any atom is -0.496 e. The number of alkyl halides is 2. The van der Waals surface area contributed by atoms with E-state index in [0.29, 0.717) is 22.9 Å². The van der Waals surface area contributed by atoms with Crippen molar-refractivity contribution in [1.29, 1.82) is 0 Å². The van der Waals surface area contributed by atoms with E-state index < -0.39 is 24.3 Å². The maximum atomic E-state index is 14.7. The number of halogens is 2. The number of hydrogen-bond donors (Lipinski definition) is 0. The van der Waals surface area contributed by atoms with Crippen molar-refractivity contribution < 1.29 is 18.3 Å². The summed E-state index contributed by atoms with van der Waals surface area (Å²) in [4.78, 5) is 22.6. The Morgan fingerprint density at radius 1 is 1.28 bits per heavy atom. The Morgan fingerprint density at radius 3 is 2.83 bits per heavy atom. The van der Waals surface area contributed by atoms with Gasteiger partial charge in [0.2, 0.25) is 0 Å². The maximum Gasteiger partial charge on any atom is 0.266 e. The van der Waals surface area contributed by atoms with Gasteiger partial charge in [-0.1, -0.05) is 6.07 Å². The van der Waals surface area contributed by atoms with E-state index in [0.717, 1.165) is 5.56 Å². The Balaban J connectivity index is 1.71. The molecule has 0 aliphatic carbocycles. The summed E-state index contributed by atoms with van der Waals surface area (Å²) in [5, 5.41) is 4.12. The molecule has 0 spiro atoms. The summed E-state index contributed by atoms with van der Waals surface area (Å²) in [6.45, 7) is 3.16. The van der Waals surface area contributed by atoms with E-state index in [1.807, 2.05) is 6.92 Å². The lowest BCUT2D eigenvalue weighted by Gasteiger charge is -2.38. The third kappa shape index (κ3) is 3.64. The lowest BCUT2D eigenvalue weighted by atomic mass is 9.91. The average molecular weight is 401 g/mol. The summed E-state index contributed by atoms with van der Waals surface area (Å²) >= 11 is 0. The second kappa shape index (κ2) is 7.06. The molecule has 1 atom stereocenters. The normalized spacial score (nSPS) is 18.8. The number of methoxy groups -OCH3 is 1. The van der Waals surface area contributed by atoms with Gasteiger partial charge in [0.05, 0.1) is 24.9 Å². The molecule has 1 saturated heterocycles. The maximum absolute atomic E-state index is 14.7. The Labute approximate surface area is 166 Å². The quantitative estimate of drug-likeness (QED) is 0.675. The van der Waals surface area contributed by atoms with Gasteiger partial charge in [0, 0.05) is 24.6 Å². The van der Waals surface area contributed by atoms with Crippen molar-refractivity contribution in [2.24, 2.45) is 0 Å². The van der Waals surface area contributed by atoms with E-state index in [1.165, 1.54) is 22.9 Å². The summed E-state index contributed by atoms with van der Waals surface area (Å²) in [6, 6.07) is 6.83. The highest BCUT2D eigenvalue weighted by Crippen LogP contribution is 2.37. The molecule has 1 unspecified atom stereocenters. The van der Waals surface area contributed by atoms with Crippen LogP contribution in [0.3, 0.4) is 0 Å². The van der Waals surface area contributed by atoms with Crippen molar-refractivity contribution in [3.8, 4) is 5.75 Å². The van der Waals surface area contributed by atoms with Crippen LogP contribution in [0.1, 0.15) is 39.6 Å². The molecule has 1 amide bonds. The molecule has 0 N–H and O–H groups in total. The minimum absolute atomic E-state index is 0.143. The van der Waals surface area contributed by atoms with E-state index in [2.05, 4.69) is 15.1 Å². The first-order valence-corrected chi connectivity index (χ1v) is 9.26. The van der Waals surface area contributed by atoms with E-state index >= 15 is 0 Å². The van der Waals surface area contributed by atoms with Gasteiger partial charge in [0.25, 0.3) is 17.6 Å². The zero-order valence-electron chi connectivity index (χ0n) is 16.4. The highest BCUT2D eigenvalue weighted by atomic mass is 19.3. The molecule has 2 aromatic heterocycles. The number of carbonyl (C=O) groups excluding carboxylic acids is 1. The molecule has 4 rings (SSSR count). The SMILES string of the molecule is COc1cc(C)ccc1C(=O)N1CC(c2cc(C)nc3ncnn23)CC(F)(F)C1. The standard InChI is InChI=1S/C20H21F2N5O2/c1-12-4-5-15(17(6-12)29-3)18(28)26-9-14(8-20(21,22)10-26)16-7-13(2)25-19-23-11-24-27(16)19/h4-7,11,14H,8-10H2,1-3H3. The number of likely N-dealkylation sites (tertiary alicyclic amines) is 1. The molecule has 0 radical (unpaired) electrons. The van der Waals surface area contributed by atoms with Gasteiger partial charge < -0.3 is 9.64 Å². The first-order chi connectivity index (χ1) is 13.8. The number of benzene rings is 1. The number of nitrogens with zero attached hydrogens (tertiary/aromatic N) is 5. The molecule has 1 aliphatic heterocycles. The van der Waals surface area contributed by atoms with Crippen LogP contribution in [0, 0.1) is 13.8 Å². The number of amides is 1. The van der Waals surface area contributed by atoms with Crippen LogP contribution in [-0.2, 0) is 0 Å². The van der Waals surface area contributed by atoms with Gasteiger partial charge in [-0.25, -0.2) is 18.3 Å². The molecule has 29 heavy (non-hydrogen) atoms. The first-order valence-electron chi connectivity index (χ1n) is 9.26. The van der Waals surface area contributed by atoms with Gasteiger partial charge >= 0.3 is 0 Å². The van der Waals surface area contributed by atoms with Crippen LogP contribution in [0.4, 0.5) is 8.78 Å². The summed E-state index contributed by atoms with van der Waals surface area (Å²) in [5.74, 6) is -3.39. The number of fused-ring (bicyclic) bond motifs is 1. The first kappa shape index (κ1) is 19.2. The molecule has 3 aromatic rings. The van der Waals surface area contributed by atoms with E-state index in [4.69, 9.17) is 4.74 Å². The predicted molar refractivity (Wildman–Crippen MR) is 101 cm³/mol. The monoisotopic (exact) mass is 401 g/mol. The molecule has 9 heteroatoms. The van der Waals surface area contributed by atoms with Crippen molar-refractivity contribution in [2.75, 3.05) is 20.2 Å². The van der Waals surface area contributed by atoms with Gasteiger partial charge in [-0.2, -0.15) is 10.1 Å². The summed E-state index contributed by atoms with van der Waals surface area (Å²) in [6.07, 6.45) is 0.965. The Bertz CT molecular complexity index is 1080. The molecule has 7 nitrogen and oxygen atoms in total. The lowest BCUT2D eigenvalue weighted by Crippen LogP contribution is -2.49. The third-order valence-electron chi connectivity index (χ3n) is 5.11. The smallest absolute Gasteiger partial charge is 0.266 e. The number of hydrogen-bond acceptors (Lipinski definition) is 5. The number of carbonyl (C=O) groups is 1. The number of aryl methyl sites for hydroxylation is 2. The lowest BCUT2D eigenvalue weighted by molar-refractivity contribution is -0.0641. The van der Waals surface area contributed by atoms with Crippen molar-refractivity contribution in [3.05, 3.63) is 53.1 Å². The molecule has 152 valence electrons. The van der Waals surface area contributed by atoms with Crippen molar-refractivity contribution in [1.82, 2.24) is 24.5 Å². The Morgan fingerprint density at radius 2 is 2.07 bits per heavy atom. The third-order valence-corrected chi connectivity index (χ3v) is 5.11. The van der Waals surface area contributed by atoms with E-state index in [1.54, 1.807) is 31.2 Å². The second-order valence-electron chi connectivity index (χ2n) is 7.44. The largest absolute Gasteiger partial charge is 0.496 e. The van der Waals surface area contributed by atoms with Crippen LogP contribution in [0.2, 0.25) is 0 Å². The Kier molecular flexibility index (Phi) is 4.68. The molecule has 0 bridgehead atoms. The topological polar surface area (TPSA) is 72.6 Å². The fraction of sp³-hybridized carbons (Fsp3) is 0.400. The Hall–Kier alpha value is -3.10. The number of piperidine rings is 1. The number of aromatic nitrogens is 4. The summed E-state index contributed by atoms with van der Waals surface area (Å²) in [7, 11) is 1.46. The van der Waals surface area contributed by atoms with E-state index in [9.17, 15) is 13.6 Å². The molecular formula is C20H21F2N5O2. The van der Waals surface area contributed by atoms with Gasteiger partial charge in [-0.3, -0.25) is 4.79 Å². The fourth-order valence-corrected chi connectivity index (χ4v) is 3.85. The number of rotatable bonds is 3. The predicted octanol–water partition coefficient (Wildman–Crippen LogP) is 3.01. The van der Waals surface area contributed by atoms with Crippen LogP contribution in [-0.4, -0.2) is 56.5 Å². The minimum atomic E-state index is -3.03. The molecule has 1 aliphatic rings. The van der Waals surface area contributed by atoms with Crippen molar-refractivity contribution >= 4 is 11.7 Å². The van der Waals surface area contributed by atoms with Crippen molar-refractivity contribution in [2.45, 2.75) is 32.1 Å². The molecular weight excluding hydrogens is 380 g/mol. The van der Waals surface area contributed by atoms with Crippen LogP contribution in [0.15, 0.2) is 30.6 Å². The molecule has 0 saturated carbocycles. The molecule has 1 aromatic carbocycles. The van der Waals surface area contributed by atoms with Gasteiger partial charge in [-0.05, 0) is 37.6 Å². The van der Waals surface area contributed by atoms with Crippen LogP contribution >= 0.6 is 0 Å². The van der Waals surface area contributed by atoms with E-state index in [-0.39, 0.29) is 18.5 Å². The van der Waals surface area contributed by atoms with Crippen LogP contribution < -0.4 is 4.74 Å². The van der Waals surface area contributed by atoms with Gasteiger partial charge in [0.1, 0.15) is 12.1 Å². The van der Waals surface area contributed by atoms with Gasteiger partial charge in [-0.15, -0.1) is 0 Å². The fourth-order valence-electron chi connectivity index (χ4n) is 3.85. The van der Waals surface area contributed by atoms with Crippen LogP contribution in [0.5, 0.6) is 5.75 Å². The summed E-state index contributed by atoms with van der Waals surface area (Å²) < 4.78 is 36.1. The number of ether oxygens (including phenoxy) is 1. The molecule has 1 fully saturated rings. The second-order valence-corrected chi connectivity index (χ2v) is 7.44.